The van der Waals surface area contributed by atoms with Crippen LogP contribution >= 0.6 is 0 Å². The summed E-state index contributed by atoms with van der Waals surface area (Å²) in [5.74, 6) is -1.19. The van der Waals surface area contributed by atoms with E-state index < -0.39 is 22.3 Å². The topological polar surface area (TPSA) is 111 Å². The maximum Gasteiger partial charge on any atom is 0.335 e. The number of carboxylic acids is 1. The lowest BCUT2D eigenvalue weighted by Gasteiger charge is -2.15. The van der Waals surface area contributed by atoms with Crippen LogP contribution in [0.4, 0.5) is 0 Å². The summed E-state index contributed by atoms with van der Waals surface area (Å²) in [6.07, 6.45) is -0.756. The number of methoxy groups -OCH3 is 3. The molecule has 0 heterocycles. The molecular formula is C12H17NO7S. The van der Waals surface area contributed by atoms with E-state index in [1.54, 1.807) is 0 Å². The first-order chi connectivity index (χ1) is 9.85. The number of benzene rings is 1. The zero-order chi connectivity index (χ0) is 16.0. The lowest BCUT2D eigenvalue weighted by atomic mass is 10.2. The minimum absolute atomic E-state index is 0.0406. The van der Waals surface area contributed by atoms with Crippen molar-refractivity contribution in [3.05, 3.63) is 23.8 Å². The van der Waals surface area contributed by atoms with Gasteiger partial charge in [-0.1, -0.05) is 0 Å². The molecule has 0 spiro atoms. The first kappa shape index (κ1) is 17.4. The van der Waals surface area contributed by atoms with Crippen LogP contribution in [0.1, 0.15) is 10.4 Å². The second kappa shape index (κ2) is 7.36. The van der Waals surface area contributed by atoms with Crippen molar-refractivity contribution in [2.75, 3.05) is 27.9 Å². The highest BCUT2D eigenvalue weighted by Gasteiger charge is 2.22. The van der Waals surface area contributed by atoms with E-state index in [4.69, 9.17) is 19.3 Å². The Kier molecular flexibility index (Phi) is 6.09. The van der Waals surface area contributed by atoms with Crippen LogP contribution in [0.25, 0.3) is 0 Å². The van der Waals surface area contributed by atoms with Gasteiger partial charge < -0.3 is 19.3 Å². The summed E-state index contributed by atoms with van der Waals surface area (Å²) < 4.78 is 41.4. The van der Waals surface area contributed by atoms with E-state index in [9.17, 15) is 13.2 Å². The average Bonchev–Trinajstić information content (AvgIpc) is 2.47. The van der Waals surface area contributed by atoms with Crippen LogP contribution in [-0.2, 0) is 19.5 Å². The van der Waals surface area contributed by atoms with Gasteiger partial charge in [-0.3, -0.25) is 0 Å². The molecule has 0 bridgehead atoms. The number of sulfonamides is 1. The molecule has 8 nitrogen and oxygen atoms in total. The van der Waals surface area contributed by atoms with Gasteiger partial charge in [0.1, 0.15) is 10.6 Å². The highest BCUT2D eigenvalue weighted by Crippen LogP contribution is 2.24. The van der Waals surface area contributed by atoms with Gasteiger partial charge in [-0.15, -0.1) is 0 Å². The van der Waals surface area contributed by atoms with E-state index in [2.05, 4.69) is 4.72 Å². The zero-order valence-electron chi connectivity index (χ0n) is 11.8. The lowest BCUT2D eigenvalue weighted by Crippen LogP contribution is -2.34. The van der Waals surface area contributed by atoms with Crippen molar-refractivity contribution >= 4 is 16.0 Å². The number of aromatic carboxylic acids is 1. The Balaban J connectivity index is 3.11. The normalized spacial score (nSPS) is 11.6. The van der Waals surface area contributed by atoms with Crippen LogP contribution in [0, 0.1) is 0 Å². The largest absolute Gasteiger partial charge is 0.495 e. The third kappa shape index (κ3) is 4.39. The molecule has 9 heteroatoms. The number of rotatable bonds is 8. The fraction of sp³-hybridized carbons (Fsp3) is 0.417. The van der Waals surface area contributed by atoms with Crippen LogP contribution in [0.15, 0.2) is 23.1 Å². The third-order valence-corrected chi connectivity index (χ3v) is 4.11. The fourth-order valence-corrected chi connectivity index (χ4v) is 2.75. The van der Waals surface area contributed by atoms with Crippen molar-refractivity contribution in [3.8, 4) is 5.75 Å². The van der Waals surface area contributed by atoms with Crippen molar-refractivity contribution in [2.24, 2.45) is 0 Å². The maximum absolute atomic E-state index is 12.2. The molecule has 0 radical (unpaired) electrons. The Hall–Kier alpha value is -1.68. The second-order valence-corrected chi connectivity index (χ2v) is 5.66. The molecule has 0 aliphatic rings. The molecule has 0 amide bonds. The molecule has 118 valence electrons. The number of hydrogen-bond donors (Lipinski definition) is 2. The summed E-state index contributed by atoms with van der Waals surface area (Å²) in [4.78, 5) is 10.7. The van der Waals surface area contributed by atoms with Gasteiger partial charge in [-0.05, 0) is 18.2 Å². The quantitative estimate of drug-likeness (QED) is 0.662. The first-order valence-electron chi connectivity index (χ1n) is 5.82. The molecule has 0 aliphatic carbocycles. The Morgan fingerprint density at radius 2 is 1.90 bits per heavy atom. The summed E-state index contributed by atoms with van der Waals surface area (Å²) in [5.41, 5.74) is -0.161. The van der Waals surface area contributed by atoms with Gasteiger partial charge in [0.25, 0.3) is 0 Å². The number of carbonyl (C=O) groups is 1. The van der Waals surface area contributed by atoms with Gasteiger partial charge in [-0.2, -0.15) is 0 Å². The van der Waals surface area contributed by atoms with Crippen LogP contribution in [-0.4, -0.2) is 53.7 Å². The highest BCUT2D eigenvalue weighted by atomic mass is 32.2. The van der Waals surface area contributed by atoms with E-state index in [0.29, 0.717) is 0 Å². The van der Waals surface area contributed by atoms with Crippen molar-refractivity contribution in [1.82, 2.24) is 4.72 Å². The van der Waals surface area contributed by atoms with Gasteiger partial charge in [-0.25, -0.2) is 17.9 Å². The summed E-state index contributed by atoms with van der Waals surface area (Å²) in [5, 5.41) is 8.94. The maximum atomic E-state index is 12.2. The monoisotopic (exact) mass is 319 g/mol. The van der Waals surface area contributed by atoms with Gasteiger partial charge in [0, 0.05) is 14.2 Å². The van der Waals surface area contributed by atoms with E-state index >= 15 is 0 Å². The van der Waals surface area contributed by atoms with E-state index in [1.807, 2.05) is 0 Å². The third-order valence-electron chi connectivity index (χ3n) is 2.67. The van der Waals surface area contributed by atoms with E-state index in [1.165, 1.54) is 33.5 Å². The molecule has 2 N–H and O–H groups in total. The van der Waals surface area contributed by atoms with Gasteiger partial charge >= 0.3 is 5.97 Å². The SMILES string of the molecule is COc1ccc(C(=O)O)cc1S(=O)(=O)NCC(OC)OC. The standard InChI is InChI=1S/C12H17NO7S/c1-18-9-5-4-8(12(14)15)6-10(9)21(16,17)13-7-11(19-2)20-3/h4-6,11,13H,7H2,1-3H3,(H,14,15). The van der Waals surface area contributed by atoms with Crippen molar-refractivity contribution in [2.45, 2.75) is 11.2 Å². The Bertz CT molecular complexity index is 596. The van der Waals surface area contributed by atoms with Gasteiger partial charge in [0.15, 0.2) is 6.29 Å². The van der Waals surface area contributed by atoms with Crippen LogP contribution in [0.5, 0.6) is 5.75 Å². The fourth-order valence-electron chi connectivity index (χ4n) is 1.54. The molecule has 1 rings (SSSR count). The van der Waals surface area contributed by atoms with Crippen LogP contribution in [0.3, 0.4) is 0 Å². The van der Waals surface area contributed by atoms with E-state index in [0.717, 1.165) is 6.07 Å². The molecule has 1 aromatic carbocycles. The van der Waals surface area contributed by atoms with E-state index in [-0.39, 0.29) is 22.8 Å². The van der Waals surface area contributed by atoms with Crippen molar-refractivity contribution in [3.63, 3.8) is 0 Å². The predicted octanol–water partition coefficient (Wildman–Crippen LogP) is 0.291. The molecule has 0 unspecified atom stereocenters. The second-order valence-electron chi connectivity index (χ2n) is 3.92. The number of carboxylic acid groups (broad SMARTS) is 1. The smallest absolute Gasteiger partial charge is 0.335 e. The molecule has 1 aromatic rings. The molecule has 0 atom stereocenters. The summed E-state index contributed by atoms with van der Waals surface area (Å²) >= 11 is 0. The van der Waals surface area contributed by atoms with Crippen LogP contribution in [0.2, 0.25) is 0 Å². The predicted molar refractivity (Wildman–Crippen MR) is 72.9 cm³/mol. The lowest BCUT2D eigenvalue weighted by molar-refractivity contribution is -0.0960. The van der Waals surface area contributed by atoms with Crippen LogP contribution < -0.4 is 9.46 Å². The summed E-state index contributed by atoms with van der Waals surface area (Å²) in [6.45, 7) is -0.129. The molecule has 0 aromatic heterocycles. The molecule has 0 saturated carbocycles. The number of hydrogen-bond acceptors (Lipinski definition) is 6. The molecule has 0 saturated heterocycles. The number of ether oxygens (including phenoxy) is 3. The molecular weight excluding hydrogens is 302 g/mol. The molecule has 0 fully saturated rings. The zero-order valence-corrected chi connectivity index (χ0v) is 12.6. The van der Waals surface area contributed by atoms with Gasteiger partial charge in [0.2, 0.25) is 10.0 Å². The van der Waals surface area contributed by atoms with Gasteiger partial charge in [0.05, 0.1) is 19.2 Å². The molecule has 21 heavy (non-hydrogen) atoms. The minimum atomic E-state index is -3.97. The average molecular weight is 319 g/mol. The summed E-state index contributed by atoms with van der Waals surface area (Å²) in [6, 6.07) is 3.56. The van der Waals surface area contributed by atoms with Crippen molar-refractivity contribution in [1.29, 1.82) is 0 Å². The molecule has 0 aliphatic heterocycles. The highest BCUT2D eigenvalue weighted by molar-refractivity contribution is 7.89. The Morgan fingerprint density at radius 3 is 2.38 bits per heavy atom. The summed E-state index contributed by atoms with van der Waals surface area (Å²) in [7, 11) is 0.0592. The first-order valence-corrected chi connectivity index (χ1v) is 7.30. The Morgan fingerprint density at radius 1 is 1.29 bits per heavy atom. The Labute approximate surface area is 122 Å². The van der Waals surface area contributed by atoms with Crippen molar-refractivity contribution < 1.29 is 32.5 Å². The number of nitrogens with one attached hydrogen (secondary N) is 1. The minimum Gasteiger partial charge on any atom is -0.495 e.